The largest absolute Gasteiger partial charge is 0.462 e. The maximum atomic E-state index is 13.1. The quantitative estimate of drug-likeness (QED) is 0.0325. The number of carbonyl (C=O) groups is 2. The number of rotatable bonds is 42. The number of allylic oxidation sites excluding steroid dienone is 8. The van der Waals surface area contributed by atoms with Crippen molar-refractivity contribution in [1.29, 1.82) is 0 Å². The molecule has 0 aliphatic carbocycles. The number of aliphatic hydroxyl groups excluding tert-OH is 2. The van der Waals surface area contributed by atoms with Gasteiger partial charge in [-0.05, 0) is 83.5 Å². The van der Waals surface area contributed by atoms with Crippen LogP contribution in [0.4, 0.5) is 0 Å². The highest BCUT2D eigenvalue weighted by Crippen LogP contribution is 2.17. The smallest absolute Gasteiger partial charge is 0.306 e. The third-order valence-electron chi connectivity index (χ3n) is 10.6. The van der Waals surface area contributed by atoms with E-state index in [1.54, 1.807) is 0 Å². The summed E-state index contributed by atoms with van der Waals surface area (Å²) in [6.07, 6.45) is 51.7. The van der Waals surface area contributed by atoms with Crippen molar-refractivity contribution in [2.24, 2.45) is 0 Å². The zero-order valence-electron chi connectivity index (χ0n) is 37.0. The fourth-order valence-electron chi connectivity index (χ4n) is 6.97. The lowest BCUT2D eigenvalue weighted by Gasteiger charge is -2.24. The third-order valence-corrected chi connectivity index (χ3v) is 10.6. The van der Waals surface area contributed by atoms with Crippen molar-refractivity contribution < 1.29 is 24.5 Å². The predicted octanol–water partition coefficient (Wildman–Crippen LogP) is 13.9. The first kappa shape index (κ1) is 53.8. The summed E-state index contributed by atoms with van der Waals surface area (Å²) in [4.78, 5) is 26.0. The molecule has 1 amide bonds. The highest BCUT2D eigenvalue weighted by atomic mass is 16.5. The van der Waals surface area contributed by atoms with Crippen molar-refractivity contribution in [3.8, 4) is 0 Å². The molecule has 0 bridgehead atoms. The Hall–Kier alpha value is -2.18. The Morgan fingerprint density at radius 2 is 0.946 bits per heavy atom. The molecule has 6 heteroatoms. The summed E-state index contributed by atoms with van der Waals surface area (Å²) in [5.74, 6) is -0.508. The average Bonchev–Trinajstić information content (AvgIpc) is 3.19. The second kappa shape index (κ2) is 43.9. The molecule has 0 spiro atoms. The molecule has 3 atom stereocenters. The van der Waals surface area contributed by atoms with E-state index in [9.17, 15) is 19.8 Å². The standard InChI is InChI=1S/C50H91NO5/c1-4-7-10-13-16-19-22-23-24-25-26-27-28-29-32-35-38-41-46(56-50(55)43-40-37-34-31-21-18-15-12-9-6-3)44-49(54)51-47(45-52)48(53)42-39-36-33-30-20-17-14-11-8-5-2/h12,15-16,19,23-24,26-27,46-48,52-53H,4-11,13-14,17-18,20-22,25,28-45H2,1-3H3,(H,51,54)/b15-12-,19-16-,24-23-,27-26-. The van der Waals surface area contributed by atoms with Crippen molar-refractivity contribution in [3.05, 3.63) is 48.6 Å². The van der Waals surface area contributed by atoms with Gasteiger partial charge in [0, 0.05) is 6.42 Å². The lowest BCUT2D eigenvalue weighted by molar-refractivity contribution is -0.151. The summed E-state index contributed by atoms with van der Waals surface area (Å²) >= 11 is 0. The Morgan fingerprint density at radius 3 is 1.50 bits per heavy atom. The number of esters is 1. The number of unbranched alkanes of at least 4 members (excludes halogenated alkanes) is 22. The predicted molar refractivity (Wildman–Crippen MR) is 241 cm³/mol. The summed E-state index contributed by atoms with van der Waals surface area (Å²) in [7, 11) is 0. The zero-order chi connectivity index (χ0) is 41.0. The fraction of sp³-hybridized carbons (Fsp3) is 0.800. The minimum atomic E-state index is -0.793. The summed E-state index contributed by atoms with van der Waals surface area (Å²) in [5.41, 5.74) is 0. The van der Waals surface area contributed by atoms with Crippen LogP contribution in [-0.2, 0) is 14.3 Å². The van der Waals surface area contributed by atoms with E-state index >= 15 is 0 Å². The molecule has 326 valence electrons. The molecule has 0 radical (unpaired) electrons. The molecule has 0 saturated carbocycles. The van der Waals surface area contributed by atoms with Gasteiger partial charge in [-0.25, -0.2) is 0 Å². The van der Waals surface area contributed by atoms with Crippen molar-refractivity contribution in [3.63, 3.8) is 0 Å². The van der Waals surface area contributed by atoms with E-state index in [0.29, 0.717) is 19.3 Å². The molecule has 0 rings (SSSR count). The van der Waals surface area contributed by atoms with E-state index in [1.165, 1.54) is 89.9 Å². The first-order chi connectivity index (χ1) is 27.5. The molecule has 0 fully saturated rings. The molecule has 0 saturated heterocycles. The van der Waals surface area contributed by atoms with Crippen LogP contribution in [0.3, 0.4) is 0 Å². The van der Waals surface area contributed by atoms with Crippen LogP contribution < -0.4 is 5.32 Å². The van der Waals surface area contributed by atoms with Crippen LogP contribution >= 0.6 is 0 Å². The molecule has 56 heavy (non-hydrogen) atoms. The molecular formula is C50H91NO5. The van der Waals surface area contributed by atoms with Gasteiger partial charge >= 0.3 is 5.97 Å². The first-order valence-corrected chi connectivity index (χ1v) is 23.9. The molecule has 0 aromatic heterocycles. The number of nitrogens with one attached hydrogen (secondary N) is 1. The monoisotopic (exact) mass is 786 g/mol. The van der Waals surface area contributed by atoms with Gasteiger partial charge in [0.2, 0.25) is 5.91 Å². The Bertz CT molecular complexity index is 972. The molecule has 6 nitrogen and oxygen atoms in total. The van der Waals surface area contributed by atoms with E-state index < -0.39 is 18.2 Å². The first-order valence-electron chi connectivity index (χ1n) is 23.9. The lowest BCUT2D eigenvalue weighted by atomic mass is 10.0. The van der Waals surface area contributed by atoms with Crippen LogP contribution in [-0.4, -0.2) is 46.9 Å². The number of hydrogen-bond donors (Lipinski definition) is 3. The molecule has 0 aliphatic heterocycles. The van der Waals surface area contributed by atoms with Gasteiger partial charge in [0.15, 0.2) is 0 Å². The van der Waals surface area contributed by atoms with Gasteiger partial charge in [0.25, 0.3) is 0 Å². The van der Waals surface area contributed by atoms with Crippen molar-refractivity contribution in [2.45, 2.75) is 251 Å². The van der Waals surface area contributed by atoms with Crippen LogP contribution in [0.25, 0.3) is 0 Å². The van der Waals surface area contributed by atoms with Gasteiger partial charge in [-0.3, -0.25) is 9.59 Å². The average molecular weight is 786 g/mol. The number of carbonyl (C=O) groups excluding carboxylic acids is 2. The van der Waals surface area contributed by atoms with Gasteiger partial charge in [-0.15, -0.1) is 0 Å². The minimum Gasteiger partial charge on any atom is -0.462 e. The SMILES string of the molecule is CCC/C=C\CCCCCCCC(=O)OC(CCCCCC/C=C\C/C=C\C/C=C\CCCCC)CC(=O)NC(CO)C(O)CCCCCCCCCCCC. The van der Waals surface area contributed by atoms with Crippen LogP contribution in [0.5, 0.6) is 0 Å². The van der Waals surface area contributed by atoms with E-state index in [2.05, 4.69) is 74.7 Å². The van der Waals surface area contributed by atoms with Gasteiger partial charge in [-0.1, -0.05) is 185 Å². The Labute approximate surface area is 346 Å². The summed E-state index contributed by atoms with van der Waals surface area (Å²) < 4.78 is 5.89. The second-order valence-corrected chi connectivity index (χ2v) is 16.2. The van der Waals surface area contributed by atoms with Crippen molar-refractivity contribution in [2.75, 3.05) is 6.61 Å². The summed E-state index contributed by atoms with van der Waals surface area (Å²) in [6.45, 7) is 6.37. The molecule has 0 aromatic carbocycles. The van der Waals surface area contributed by atoms with Gasteiger partial charge in [0.1, 0.15) is 6.10 Å². The van der Waals surface area contributed by atoms with E-state index in [0.717, 1.165) is 96.3 Å². The van der Waals surface area contributed by atoms with Gasteiger partial charge < -0.3 is 20.3 Å². The van der Waals surface area contributed by atoms with Crippen molar-refractivity contribution in [1.82, 2.24) is 5.32 Å². The molecule has 3 unspecified atom stereocenters. The Morgan fingerprint density at radius 1 is 0.518 bits per heavy atom. The molecule has 0 aliphatic rings. The van der Waals surface area contributed by atoms with Crippen LogP contribution in [0.2, 0.25) is 0 Å². The molecule has 0 aromatic rings. The van der Waals surface area contributed by atoms with E-state index in [4.69, 9.17) is 4.74 Å². The van der Waals surface area contributed by atoms with Crippen LogP contribution in [0.1, 0.15) is 233 Å². The van der Waals surface area contributed by atoms with E-state index in [1.807, 2.05) is 0 Å². The molecule has 0 heterocycles. The molecular weight excluding hydrogens is 695 g/mol. The molecule has 3 N–H and O–H groups in total. The summed E-state index contributed by atoms with van der Waals surface area (Å²) in [6, 6.07) is -0.708. The van der Waals surface area contributed by atoms with Crippen LogP contribution in [0.15, 0.2) is 48.6 Å². The maximum Gasteiger partial charge on any atom is 0.306 e. The zero-order valence-corrected chi connectivity index (χ0v) is 37.0. The number of hydrogen-bond acceptors (Lipinski definition) is 5. The number of ether oxygens (including phenoxy) is 1. The highest BCUT2D eigenvalue weighted by Gasteiger charge is 2.24. The van der Waals surface area contributed by atoms with Gasteiger partial charge in [0.05, 0.1) is 25.2 Å². The fourth-order valence-corrected chi connectivity index (χ4v) is 6.97. The van der Waals surface area contributed by atoms with Crippen LogP contribution in [0, 0.1) is 0 Å². The van der Waals surface area contributed by atoms with E-state index in [-0.39, 0.29) is 24.9 Å². The third kappa shape index (κ3) is 38.7. The minimum absolute atomic E-state index is 0.0592. The Balaban J connectivity index is 4.64. The number of aliphatic hydroxyl groups is 2. The van der Waals surface area contributed by atoms with Gasteiger partial charge in [-0.2, -0.15) is 0 Å². The Kier molecular flexibility index (Phi) is 42.2. The second-order valence-electron chi connectivity index (χ2n) is 16.2. The number of amides is 1. The highest BCUT2D eigenvalue weighted by molar-refractivity contribution is 5.77. The summed E-state index contributed by atoms with van der Waals surface area (Å²) in [5, 5.41) is 23.6. The maximum absolute atomic E-state index is 13.1. The normalized spacial score (nSPS) is 13.7. The lowest BCUT2D eigenvalue weighted by Crippen LogP contribution is -2.46. The topological polar surface area (TPSA) is 95.9 Å². The van der Waals surface area contributed by atoms with Crippen molar-refractivity contribution >= 4 is 11.9 Å².